The van der Waals surface area contributed by atoms with Crippen LogP contribution in [0.4, 0.5) is 0 Å². The van der Waals surface area contributed by atoms with Crippen LogP contribution >= 0.6 is 0 Å². The van der Waals surface area contributed by atoms with Gasteiger partial charge in [-0.05, 0) is 99.7 Å². The first kappa shape index (κ1) is 25.2. The van der Waals surface area contributed by atoms with E-state index in [1.54, 1.807) is 0 Å². The number of aliphatic carboxylic acids is 1. The van der Waals surface area contributed by atoms with Gasteiger partial charge in [-0.2, -0.15) is 0 Å². The van der Waals surface area contributed by atoms with Crippen LogP contribution in [0, 0.1) is 70.0 Å². The molecular weight excluding hydrogens is 376 g/mol. The summed E-state index contributed by atoms with van der Waals surface area (Å²) >= 11 is 0. The summed E-state index contributed by atoms with van der Waals surface area (Å²) in [7, 11) is 0. The van der Waals surface area contributed by atoms with Crippen molar-refractivity contribution in [2.24, 2.45) is 70.0 Å². The van der Waals surface area contributed by atoms with Crippen molar-refractivity contribution >= 4 is 11.9 Å². The minimum atomic E-state index is -0.634. The number of fused-ring (bicyclic) bond motifs is 1. The summed E-state index contributed by atoms with van der Waals surface area (Å²) in [5.41, 5.74) is -1.48. The molecule has 8 bridgehead atoms. The molecule has 12 atom stereocenters. The molecule has 0 radical (unpaired) electrons. The van der Waals surface area contributed by atoms with Crippen LogP contribution in [0.2, 0.25) is 0 Å². The van der Waals surface area contributed by atoms with Gasteiger partial charge in [-0.3, -0.25) is 9.59 Å². The minimum absolute atomic E-state index is 0. The number of carbonyl (C=O) groups is 2. The van der Waals surface area contributed by atoms with E-state index in [0.717, 1.165) is 6.42 Å². The second-order valence-corrected chi connectivity index (χ2v) is 11.6. The third-order valence-corrected chi connectivity index (χ3v) is 9.99. The molecule has 0 aromatic heterocycles. The Kier molecular flexibility index (Phi) is 5.44. The normalized spacial score (nSPS) is 54.2. The van der Waals surface area contributed by atoms with Gasteiger partial charge in [0.25, 0.3) is 0 Å². The van der Waals surface area contributed by atoms with Gasteiger partial charge in [0.1, 0.15) is 5.60 Å². The lowest BCUT2D eigenvalue weighted by atomic mass is 9.61. The number of esters is 1. The number of rotatable bonds is 3. The van der Waals surface area contributed by atoms with Gasteiger partial charge < -0.3 is 9.84 Å². The molecule has 1 N–H and O–H groups in total. The highest BCUT2D eigenvalue weighted by Crippen LogP contribution is 2.91. The molecule has 0 heterocycles. The number of ether oxygens (including phenoxy) is 1. The summed E-state index contributed by atoms with van der Waals surface area (Å²) in [5.74, 6) is 4.01. The average Bonchev–Trinajstić information content (AvgIpc) is 2.99. The summed E-state index contributed by atoms with van der Waals surface area (Å²) in [4.78, 5) is 25.9. The van der Waals surface area contributed by atoms with E-state index in [2.05, 4.69) is 6.92 Å². The van der Waals surface area contributed by atoms with Crippen molar-refractivity contribution in [2.45, 2.75) is 82.8 Å². The molecule has 8 saturated carbocycles. The predicted octanol–water partition coefficient (Wildman–Crippen LogP) is 5.99. The molecular formula is C26H46O4. The van der Waals surface area contributed by atoms with E-state index < -0.39 is 17.0 Å². The predicted molar refractivity (Wildman–Crippen MR) is 121 cm³/mol. The Labute approximate surface area is 184 Å². The third kappa shape index (κ3) is 2.24. The van der Waals surface area contributed by atoms with Crippen LogP contribution in [-0.4, -0.2) is 22.6 Å². The average molecular weight is 423 g/mol. The molecule has 0 saturated heterocycles. The summed E-state index contributed by atoms with van der Waals surface area (Å²) < 4.78 is 6.06. The monoisotopic (exact) mass is 422 g/mol. The van der Waals surface area contributed by atoms with Crippen molar-refractivity contribution in [1.82, 2.24) is 0 Å². The SMILES string of the molecule is C.C.C.C.CC1C2C3CC1C(C(=O)OC(C)(C)C)(C1C4C5CC1C(C)(C(=O)O)C54)C32. The van der Waals surface area contributed by atoms with Gasteiger partial charge in [0.2, 0.25) is 0 Å². The Morgan fingerprint density at radius 1 is 0.900 bits per heavy atom. The van der Waals surface area contributed by atoms with Crippen molar-refractivity contribution in [1.29, 1.82) is 0 Å². The van der Waals surface area contributed by atoms with Crippen LogP contribution in [0.1, 0.15) is 77.2 Å². The number of carboxylic acids is 1. The molecule has 4 nitrogen and oxygen atoms in total. The van der Waals surface area contributed by atoms with Gasteiger partial charge in [0.05, 0.1) is 10.8 Å². The smallest absolute Gasteiger partial charge is 0.313 e. The molecule has 8 aliphatic carbocycles. The van der Waals surface area contributed by atoms with Crippen molar-refractivity contribution in [3.05, 3.63) is 0 Å². The fourth-order valence-electron chi connectivity index (χ4n) is 9.57. The zero-order chi connectivity index (χ0) is 18.5. The van der Waals surface area contributed by atoms with Crippen LogP contribution in [-0.2, 0) is 14.3 Å². The second-order valence-electron chi connectivity index (χ2n) is 11.6. The first-order valence-corrected chi connectivity index (χ1v) is 10.5. The van der Waals surface area contributed by atoms with Gasteiger partial charge in [0.15, 0.2) is 0 Å². The molecule has 4 heteroatoms. The van der Waals surface area contributed by atoms with Crippen molar-refractivity contribution in [3.63, 3.8) is 0 Å². The Hall–Kier alpha value is -1.06. The highest BCUT2D eigenvalue weighted by Gasteiger charge is 2.91. The van der Waals surface area contributed by atoms with Crippen LogP contribution in [0.25, 0.3) is 0 Å². The van der Waals surface area contributed by atoms with E-state index >= 15 is 0 Å². The minimum Gasteiger partial charge on any atom is -0.481 e. The maximum absolute atomic E-state index is 13.7. The lowest BCUT2D eigenvalue weighted by Crippen LogP contribution is -2.49. The first-order chi connectivity index (χ1) is 12.1. The van der Waals surface area contributed by atoms with Crippen LogP contribution in [0.3, 0.4) is 0 Å². The Morgan fingerprint density at radius 3 is 1.77 bits per heavy atom. The first-order valence-electron chi connectivity index (χ1n) is 10.5. The topological polar surface area (TPSA) is 63.6 Å². The fourth-order valence-corrected chi connectivity index (χ4v) is 9.57. The number of carbonyl (C=O) groups excluding carboxylic acids is 1. The molecule has 0 aromatic carbocycles. The van der Waals surface area contributed by atoms with Crippen molar-refractivity contribution in [2.75, 3.05) is 0 Å². The lowest BCUT2D eigenvalue weighted by Gasteiger charge is -2.43. The Bertz CT molecular complexity index is 753. The molecule has 0 aliphatic heterocycles. The number of hydrogen-bond donors (Lipinski definition) is 1. The lowest BCUT2D eigenvalue weighted by molar-refractivity contribution is -0.179. The molecule has 8 fully saturated rings. The van der Waals surface area contributed by atoms with E-state index in [1.807, 2.05) is 27.7 Å². The second kappa shape index (κ2) is 6.48. The maximum atomic E-state index is 13.7. The molecule has 8 aliphatic rings. The Balaban J connectivity index is 0.000000801. The van der Waals surface area contributed by atoms with E-state index in [1.165, 1.54) is 6.42 Å². The Morgan fingerprint density at radius 2 is 1.43 bits per heavy atom. The van der Waals surface area contributed by atoms with Gasteiger partial charge in [-0.25, -0.2) is 0 Å². The van der Waals surface area contributed by atoms with Crippen LogP contribution in [0.15, 0.2) is 0 Å². The van der Waals surface area contributed by atoms with Crippen molar-refractivity contribution < 1.29 is 19.4 Å². The summed E-state index contributed by atoms with van der Waals surface area (Å²) in [6.45, 7) is 10.2. The van der Waals surface area contributed by atoms with Crippen LogP contribution in [0.5, 0.6) is 0 Å². The molecule has 8 rings (SSSR count). The molecule has 0 aromatic rings. The molecule has 174 valence electrons. The molecule has 0 spiro atoms. The van der Waals surface area contributed by atoms with Crippen molar-refractivity contribution in [3.8, 4) is 0 Å². The highest BCUT2D eigenvalue weighted by molar-refractivity contribution is 5.84. The fraction of sp³-hybridized carbons (Fsp3) is 0.923. The number of carboxylic acid groups (broad SMARTS) is 1. The maximum Gasteiger partial charge on any atom is 0.313 e. The number of hydrogen-bond acceptors (Lipinski definition) is 3. The third-order valence-electron chi connectivity index (χ3n) is 9.99. The molecule has 12 unspecified atom stereocenters. The standard InChI is InChI=1S/C22H30O4.4CH4/c1-8-11-6-9-13(8)16(9)22(11,19(25)26-20(2,3)4)17-12-7-10-14(17)15(10)21(12,5)18(23)24;;;;/h8-17H,6-7H2,1-5H3,(H,23,24);4*1H4. The summed E-state index contributed by atoms with van der Waals surface area (Å²) in [6, 6.07) is 0. The van der Waals surface area contributed by atoms with E-state index in [0.29, 0.717) is 47.3 Å². The van der Waals surface area contributed by atoms with E-state index in [-0.39, 0.29) is 52.9 Å². The van der Waals surface area contributed by atoms with Gasteiger partial charge in [-0.1, -0.05) is 36.6 Å². The summed E-state index contributed by atoms with van der Waals surface area (Å²) in [6.07, 6.45) is 2.20. The van der Waals surface area contributed by atoms with Crippen LogP contribution < -0.4 is 0 Å². The summed E-state index contributed by atoms with van der Waals surface area (Å²) in [5, 5.41) is 10.0. The highest BCUT2D eigenvalue weighted by atomic mass is 16.6. The van der Waals surface area contributed by atoms with Gasteiger partial charge in [-0.15, -0.1) is 0 Å². The quantitative estimate of drug-likeness (QED) is 0.567. The van der Waals surface area contributed by atoms with Gasteiger partial charge >= 0.3 is 11.9 Å². The zero-order valence-corrected chi connectivity index (χ0v) is 16.4. The van der Waals surface area contributed by atoms with E-state index in [9.17, 15) is 14.7 Å². The molecule has 0 amide bonds. The largest absolute Gasteiger partial charge is 0.481 e. The van der Waals surface area contributed by atoms with E-state index in [4.69, 9.17) is 4.74 Å². The molecule has 30 heavy (non-hydrogen) atoms. The van der Waals surface area contributed by atoms with Gasteiger partial charge in [0, 0.05) is 0 Å². The zero-order valence-electron chi connectivity index (χ0n) is 16.4.